The SMILES string of the molecule is O=C(O)CN(C(=O)[C@H]1CCCC[C@H]1CNC(=O)OCC1c2ccccc2-c2ccccc21)C1CC1. The fraction of sp³-hybridized carbons (Fsp3) is 0.464. The first kappa shape index (κ1) is 23.4. The van der Waals surface area contributed by atoms with Crippen molar-refractivity contribution < 1.29 is 24.2 Å². The van der Waals surface area contributed by atoms with Crippen molar-refractivity contribution in [2.24, 2.45) is 11.8 Å². The zero-order valence-electron chi connectivity index (χ0n) is 19.8. The van der Waals surface area contributed by atoms with Crippen LogP contribution in [0.15, 0.2) is 48.5 Å². The van der Waals surface area contributed by atoms with E-state index in [1.54, 1.807) is 4.90 Å². The zero-order chi connectivity index (χ0) is 24.4. The van der Waals surface area contributed by atoms with Crippen LogP contribution in [0.25, 0.3) is 11.1 Å². The molecule has 3 aliphatic carbocycles. The van der Waals surface area contributed by atoms with Crippen molar-refractivity contribution in [1.82, 2.24) is 10.2 Å². The van der Waals surface area contributed by atoms with Gasteiger partial charge in [-0.1, -0.05) is 61.4 Å². The molecule has 0 spiro atoms. The summed E-state index contributed by atoms with van der Waals surface area (Å²) < 4.78 is 5.65. The highest BCUT2D eigenvalue weighted by molar-refractivity contribution is 5.84. The fourth-order valence-corrected chi connectivity index (χ4v) is 5.77. The molecule has 0 bridgehead atoms. The van der Waals surface area contributed by atoms with Gasteiger partial charge in [-0.15, -0.1) is 0 Å². The number of amides is 2. The summed E-state index contributed by atoms with van der Waals surface area (Å²) in [5, 5.41) is 12.1. The van der Waals surface area contributed by atoms with Crippen LogP contribution in [0.4, 0.5) is 4.79 Å². The van der Waals surface area contributed by atoms with E-state index in [-0.39, 0.29) is 42.9 Å². The van der Waals surface area contributed by atoms with Crippen molar-refractivity contribution in [1.29, 1.82) is 0 Å². The average molecular weight is 477 g/mol. The molecule has 0 aromatic heterocycles. The van der Waals surface area contributed by atoms with Gasteiger partial charge in [0, 0.05) is 24.4 Å². The predicted octanol–water partition coefficient (Wildman–Crippen LogP) is 4.41. The second-order valence-electron chi connectivity index (χ2n) is 9.95. The monoisotopic (exact) mass is 476 g/mol. The normalized spacial score (nSPS) is 21.0. The molecule has 0 unspecified atom stereocenters. The molecule has 35 heavy (non-hydrogen) atoms. The highest BCUT2D eigenvalue weighted by atomic mass is 16.5. The number of benzene rings is 2. The van der Waals surface area contributed by atoms with E-state index in [9.17, 15) is 19.5 Å². The largest absolute Gasteiger partial charge is 0.480 e. The van der Waals surface area contributed by atoms with Crippen LogP contribution in [-0.4, -0.2) is 53.7 Å². The first-order valence-corrected chi connectivity index (χ1v) is 12.6. The number of carbonyl (C=O) groups excluding carboxylic acids is 2. The third-order valence-corrected chi connectivity index (χ3v) is 7.65. The van der Waals surface area contributed by atoms with Crippen LogP contribution in [0.3, 0.4) is 0 Å². The molecular formula is C28H32N2O5. The lowest BCUT2D eigenvalue weighted by atomic mass is 9.78. The lowest BCUT2D eigenvalue weighted by molar-refractivity contribution is -0.148. The number of nitrogens with zero attached hydrogens (tertiary/aromatic N) is 1. The van der Waals surface area contributed by atoms with Crippen LogP contribution in [0.1, 0.15) is 55.6 Å². The smallest absolute Gasteiger partial charge is 0.407 e. The second kappa shape index (κ2) is 10.1. The van der Waals surface area contributed by atoms with Gasteiger partial charge < -0.3 is 20.1 Å². The van der Waals surface area contributed by atoms with Crippen molar-refractivity contribution in [3.63, 3.8) is 0 Å². The number of ether oxygens (including phenoxy) is 1. The van der Waals surface area contributed by atoms with Gasteiger partial charge in [0.15, 0.2) is 0 Å². The van der Waals surface area contributed by atoms with E-state index in [0.717, 1.165) is 49.7 Å². The van der Waals surface area contributed by atoms with Crippen molar-refractivity contribution in [2.75, 3.05) is 19.7 Å². The molecule has 0 saturated heterocycles. The van der Waals surface area contributed by atoms with E-state index in [2.05, 4.69) is 29.6 Å². The van der Waals surface area contributed by atoms with Crippen LogP contribution >= 0.6 is 0 Å². The first-order chi connectivity index (χ1) is 17.0. The molecule has 2 aromatic carbocycles. The maximum atomic E-state index is 13.2. The average Bonchev–Trinajstić information content (AvgIpc) is 3.67. The summed E-state index contributed by atoms with van der Waals surface area (Å²) in [7, 11) is 0. The van der Waals surface area contributed by atoms with E-state index in [1.807, 2.05) is 24.3 Å². The Hall–Kier alpha value is -3.35. The molecule has 2 atom stereocenters. The van der Waals surface area contributed by atoms with Gasteiger partial charge in [-0.2, -0.15) is 0 Å². The molecule has 0 heterocycles. The summed E-state index contributed by atoms with van der Waals surface area (Å²) >= 11 is 0. The van der Waals surface area contributed by atoms with Crippen LogP contribution < -0.4 is 5.32 Å². The van der Waals surface area contributed by atoms with Crippen LogP contribution in [0.2, 0.25) is 0 Å². The molecule has 2 amide bonds. The number of carbonyl (C=O) groups is 3. The van der Waals surface area contributed by atoms with Gasteiger partial charge in [0.25, 0.3) is 0 Å². The molecule has 2 aromatic rings. The molecule has 2 saturated carbocycles. The van der Waals surface area contributed by atoms with Gasteiger partial charge in [0.2, 0.25) is 5.91 Å². The summed E-state index contributed by atoms with van der Waals surface area (Å²) in [6.45, 7) is 0.367. The maximum Gasteiger partial charge on any atom is 0.407 e. The third kappa shape index (κ3) is 5.04. The zero-order valence-corrected chi connectivity index (χ0v) is 19.8. The number of hydrogen-bond donors (Lipinski definition) is 2. The number of carboxylic acids is 1. The highest BCUT2D eigenvalue weighted by Gasteiger charge is 2.40. The quantitative estimate of drug-likeness (QED) is 0.589. The molecule has 0 aliphatic heterocycles. The summed E-state index contributed by atoms with van der Waals surface area (Å²) in [5.74, 6) is -1.31. The van der Waals surface area contributed by atoms with E-state index in [0.29, 0.717) is 6.54 Å². The van der Waals surface area contributed by atoms with Crippen LogP contribution in [0.5, 0.6) is 0 Å². The molecule has 0 radical (unpaired) electrons. The van der Waals surface area contributed by atoms with Gasteiger partial charge in [-0.25, -0.2) is 4.79 Å². The number of aliphatic carboxylic acids is 1. The van der Waals surface area contributed by atoms with Crippen LogP contribution in [-0.2, 0) is 14.3 Å². The Kier molecular flexibility index (Phi) is 6.75. The third-order valence-electron chi connectivity index (χ3n) is 7.65. The Morgan fingerprint density at radius 3 is 2.17 bits per heavy atom. The molecule has 3 aliphatic rings. The van der Waals surface area contributed by atoms with E-state index in [4.69, 9.17) is 4.74 Å². The lowest BCUT2D eigenvalue weighted by Crippen LogP contribution is -2.46. The van der Waals surface area contributed by atoms with Gasteiger partial charge >= 0.3 is 12.1 Å². The minimum atomic E-state index is -0.977. The number of fused-ring (bicyclic) bond motifs is 3. The Morgan fingerprint density at radius 2 is 1.54 bits per heavy atom. The molecule has 2 fully saturated rings. The fourth-order valence-electron chi connectivity index (χ4n) is 5.77. The second-order valence-corrected chi connectivity index (χ2v) is 9.95. The number of alkyl carbamates (subject to hydrolysis) is 1. The molecule has 5 rings (SSSR count). The van der Waals surface area contributed by atoms with Crippen molar-refractivity contribution in [3.8, 4) is 11.1 Å². The predicted molar refractivity (Wildman–Crippen MR) is 131 cm³/mol. The number of rotatable bonds is 8. The Morgan fingerprint density at radius 1 is 0.914 bits per heavy atom. The highest BCUT2D eigenvalue weighted by Crippen LogP contribution is 2.44. The molecular weight excluding hydrogens is 444 g/mol. The molecule has 7 nitrogen and oxygen atoms in total. The number of hydrogen-bond acceptors (Lipinski definition) is 4. The van der Waals surface area contributed by atoms with Crippen molar-refractivity contribution >= 4 is 18.0 Å². The maximum absolute atomic E-state index is 13.2. The standard InChI is InChI=1S/C28H32N2O5/c31-26(32)16-30(19-13-14-19)27(33)20-8-2-1-7-18(20)15-29-28(34)35-17-25-23-11-5-3-9-21(23)22-10-4-6-12-24(22)25/h3-6,9-12,18-20,25H,1-2,7-8,13-17H2,(H,29,34)(H,31,32)/t18-,20-/m0/s1. The van der Waals surface area contributed by atoms with E-state index < -0.39 is 12.1 Å². The summed E-state index contributed by atoms with van der Waals surface area (Å²) in [5.41, 5.74) is 4.69. The Labute approximate surface area is 205 Å². The Bertz CT molecular complexity index is 1070. The van der Waals surface area contributed by atoms with E-state index >= 15 is 0 Å². The van der Waals surface area contributed by atoms with Crippen molar-refractivity contribution in [3.05, 3.63) is 59.7 Å². The first-order valence-electron chi connectivity index (χ1n) is 12.6. The topological polar surface area (TPSA) is 95.9 Å². The number of nitrogens with one attached hydrogen (secondary N) is 1. The van der Waals surface area contributed by atoms with Crippen molar-refractivity contribution in [2.45, 2.75) is 50.5 Å². The summed E-state index contributed by atoms with van der Waals surface area (Å²) in [6, 6.07) is 16.5. The van der Waals surface area contributed by atoms with Crippen LogP contribution in [0, 0.1) is 11.8 Å². The summed E-state index contributed by atoms with van der Waals surface area (Å²) in [4.78, 5) is 38.7. The van der Waals surface area contributed by atoms with Gasteiger partial charge in [0.05, 0.1) is 0 Å². The van der Waals surface area contributed by atoms with Gasteiger partial charge in [-0.05, 0) is 53.9 Å². The Balaban J connectivity index is 1.18. The van der Waals surface area contributed by atoms with Gasteiger partial charge in [-0.3, -0.25) is 9.59 Å². The number of carboxylic acid groups (broad SMARTS) is 1. The minimum Gasteiger partial charge on any atom is -0.480 e. The molecule has 2 N–H and O–H groups in total. The molecule has 7 heteroatoms. The summed E-state index contributed by atoms with van der Waals surface area (Å²) in [6.07, 6.45) is 4.79. The van der Waals surface area contributed by atoms with Gasteiger partial charge in [0.1, 0.15) is 13.2 Å². The lowest BCUT2D eigenvalue weighted by Gasteiger charge is -2.34. The molecule has 184 valence electrons. The minimum absolute atomic E-state index is 0.000255. The van der Waals surface area contributed by atoms with E-state index in [1.165, 1.54) is 11.1 Å².